The van der Waals surface area contributed by atoms with Crippen LogP contribution in [0.15, 0.2) is 35.1 Å². The molecule has 0 saturated carbocycles. The van der Waals surface area contributed by atoms with Crippen LogP contribution in [0.2, 0.25) is 0 Å². The van der Waals surface area contributed by atoms with Gasteiger partial charge in [-0.2, -0.15) is 0 Å². The Hall–Kier alpha value is -1.10. The molecule has 23 heavy (non-hydrogen) atoms. The quantitative estimate of drug-likeness (QED) is 0.733. The summed E-state index contributed by atoms with van der Waals surface area (Å²) in [5.41, 5.74) is 10.1. The van der Waals surface area contributed by atoms with Crippen LogP contribution in [0, 0.1) is 5.92 Å². The van der Waals surface area contributed by atoms with E-state index in [0.29, 0.717) is 12.0 Å². The van der Waals surface area contributed by atoms with E-state index in [4.69, 9.17) is 15.2 Å². The zero-order chi connectivity index (χ0) is 16.7. The lowest BCUT2D eigenvalue weighted by atomic mass is 9.94. The van der Waals surface area contributed by atoms with E-state index in [0.717, 1.165) is 57.8 Å². The summed E-state index contributed by atoms with van der Waals surface area (Å²) in [6.45, 7) is 8.77. The molecule has 0 unspecified atom stereocenters. The number of allylic oxidation sites excluding steroid dienone is 4. The first-order chi connectivity index (χ1) is 11.2. The molecule has 0 radical (unpaired) electrons. The highest BCUT2D eigenvalue weighted by Crippen LogP contribution is 2.26. The Morgan fingerprint density at radius 1 is 1.35 bits per heavy atom. The van der Waals surface area contributed by atoms with Crippen molar-refractivity contribution in [1.82, 2.24) is 4.90 Å². The maximum Gasteiger partial charge on any atom is 0.0710 e. The van der Waals surface area contributed by atoms with Gasteiger partial charge in [0.15, 0.2) is 0 Å². The molecule has 0 aromatic rings. The third-order valence-corrected chi connectivity index (χ3v) is 4.95. The minimum Gasteiger partial charge on any atom is -0.401 e. The van der Waals surface area contributed by atoms with Crippen LogP contribution in [0.1, 0.15) is 33.1 Å². The van der Waals surface area contributed by atoms with Crippen molar-refractivity contribution < 1.29 is 9.47 Å². The molecule has 2 aliphatic rings. The van der Waals surface area contributed by atoms with E-state index in [1.807, 2.05) is 0 Å². The van der Waals surface area contributed by atoms with Gasteiger partial charge in [-0.3, -0.25) is 4.90 Å². The molecule has 2 aliphatic heterocycles. The third kappa shape index (κ3) is 5.20. The van der Waals surface area contributed by atoms with Crippen molar-refractivity contribution in [3.63, 3.8) is 0 Å². The summed E-state index contributed by atoms with van der Waals surface area (Å²) in [5.74, 6) is 0.432. The van der Waals surface area contributed by atoms with E-state index in [1.54, 1.807) is 7.11 Å². The minimum absolute atomic E-state index is 0.353. The Morgan fingerprint density at radius 2 is 2.17 bits per heavy atom. The van der Waals surface area contributed by atoms with Crippen LogP contribution in [0.3, 0.4) is 0 Å². The highest BCUT2D eigenvalue weighted by Gasteiger charge is 2.25. The number of ether oxygens (including phenoxy) is 2. The molecule has 2 fully saturated rings. The fourth-order valence-corrected chi connectivity index (χ4v) is 3.37. The normalized spacial score (nSPS) is 27.9. The molecule has 0 bridgehead atoms. The van der Waals surface area contributed by atoms with E-state index < -0.39 is 0 Å². The van der Waals surface area contributed by atoms with Crippen LogP contribution >= 0.6 is 0 Å². The van der Waals surface area contributed by atoms with E-state index >= 15 is 0 Å². The molecule has 2 atom stereocenters. The van der Waals surface area contributed by atoms with Gasteiger partial charge in [-0.05, 0) is 31.8 Å². The predicted octanol–water partition coefficient (Wildman–Crippen LogP) is 2.87. The molecule has 0 aromatic carbocycles. The number of likely N-dealkylation sites (tertiary alicyclic amines) is 1. The predicted molar refractivity (Wildman–Crippen MR) is 95.2 cm³/mol. The van der Waals surface area contributed by atoms with Gasteiger partial charge in [0.25, 0.3) is 0 Å². The van der Waals surface area contributed by atoms with Gasteiger partial charge in [-0.1, -0.05) is 30.7 Å². The molecule has 2 rings (SSSR count). The van der Waals surface area contributed by atoms with Crippen molar-refractivity contribution in [1.29, 1.82) is 0 Å². The van der Waals surface area contributed by atoms with Gasteiger partial charge in [-0.15, -0.1) is 0 Å². The van der Waals surface area contributed by atoms with E-state index in [-0.39, 0.29) is 0 Å². The fraction of sp³-hybridized carbons (Fsp3) is 0.684. The summed E-state index contributed by atoms with van der Waals surface area (Å²) in [5, 5.41) is 0. The average molecular weight is 320 g/mol. The number of hydrogen-bond acceptors (Lipinski definition) is 4. The lowest BCUT2D eigenvalue weighted by Gasteiger charge is -2.20. The van der Waals surface area contributed by atoms with Gasteiger partial charge in [0, 0.05) is 45.0 Å². The summed E-state index contributed by atoms with van der Waals surface area (Å²) < 4.78 is 11.0. The summed E-state index contributed by atoms with van der Waals surface area (Å²) >= 11 is 0. The van der Waals surface area contributed by atoms with Crippen LogP contribution in [0.5, 0.6) is 0 Å². The van der Waals surface area contributed by atoms with Crippen molar-refractivity contribution in [2.24, 2.45) is 11.7 Å². The molecule has 2 saturated heterocycles. The minimum atomic E-state index is 0.353. The molecular weight excluding hydrogens is 288 g/mol. The maximum absolute atomic E-state index is 6.50. The van der Waals surface area contributed by atoms with Crippen LogP contribution < -0.4 is 5.73 Å². The molecular formula is C19H32N2O2. The molecule has 130 valence electrons. The van der Waals surface area contributed by atoms with Crippen molar-refractivity contribution >= 4 is 0 Å². The Morgan fingerprint density at radius 3 is 2.74 bits per heavy atom. The van der Waals surface area contributed by atoms with Crippen LogP contribution in [0.4, 0.5) is 0 Å². The Balaban J connectivity index is 2.10. The van der Waals surface area contributed by atoms with Gasteiger partial charge in [-0.25, -0.2) is 0 Å². The Kier molecular flexibility index (Phi) is 7.34. The van der Waals surface area contributed by atoms with Crippen LogP contribution in [-0.2, 0) is 9.47 Å². The summed E-state index contributed by atoms with van der Waals surface area (Å²) in [7, 11) is 1.79. The van der Waals surface area contributed by atoms with E-state index in [1.165, 1.54) is 11.1 Å². The first-order valence-corrected chi connectivity index (χ1v) is 8.82. The van der Waals surface area contributed by atoms with Gasteiger partial charge in [0.2, 0.25) is 0 Å². The smallest absolute Gasteiger partial charge is 0.0710 e. The SMILES string of the molecule is C\C=C(/C=C\C(=C(/N)CN1CC[C@@H](OC)C1)[C@H]1CCOC1)CC. The monoisotopic (exact) mass is 320 g/mol. The standard InChI is InChI=1S/C19H32N2O2/c1-4-15(5-2)6-7-18(16-9-11-23-14-16)19(20)13-21-10-8-17(12-21)22-3/h4,6-7,16-17H,5,8-14,20H2,1-3H3/b7-6-,15-4-,19-18+/t16-,17+/m0/s1. The van der Waals surface area contributed by atoms with Crippen LogP contribution in [-0.4, -0.2) is 51.0 Å². The summed E-state index contributed by atoms with van der Waals surface area (Å²) in [6.07, 6.45) is 10.2. The number of nitrogens with two attached hydrogens (primary N) is 1. The maximum atomic E-state index is 6.50. The molecule has 0 aliphatic carbocycles. The van der Waals surface area contributed by atoms with E-state index in [9.17, 15) is 0 Å². The number of rotatable bonds is 7. The van der Waals surface area contributed by atoms with Crippen molar-refractivity contribution in [2.75, 3.05) is 40.0 Å². The zero-order valence-electron chi connectivity index (χ0n) is 14.9. The lowest BCUT2D eigenvalue weighted by molar-refractivity contribution is 0.109. The number of nitrogens with zero attached hydrogens (tertiary/aromatic N) is 1. The largest absolute Gasteiger partial charge is 0.401 e. The van der Waals surface area contributed by atoms with Crippen molar-refractivity contribution in [3.05, 3.63) is 35.1 Å². The first-order valence-electron chi connectivity index (χ1n) is 8.82. The Labute approximate surface area is 141 Å². The van der Waals surface area contributed by atoms with Gasteiger partial charge in [0.05, 0.1) is 12.7 Å². The number of methoxy groups -OCH3 is 1. The van der Waals surface area contributed by atoms with Gasteiger partial charge in [0.1, 0.15) is 0 Å². The second-order valence-corrected chi connectivity index (χ2v) is 6.47. The molecule has 0 amide bonds. The zero-order valence-corrected chi connectivity index (χ0v) is 14.9. The molecule has 2 heterocycles. The summed E-state index contributed by atoms with van der Waals surface area (Å²) in [6, 6.07) is 0. The second-order valence-electron chi connectivity index (χ2n) is 6.47. The highest BCUT2D eigenvalue weighted by molar-refractivity contribution is 5.33. The van der Waals surface area contributed by atoms with E-state index in [2.05, 4.69) is 37.0 Å². The number of hydrogen-bond donors (Lipinski definition) is 1. The van der Waals surface area contributed by atoms with Crippen molar-refractivity contribution in [2.45, 2.75) is 39.2 Å². The highest BCUT2D eigenvalue weighted by atomic mass is 16.5. The third-order valence-electron chi connectivity index (χ3n) is 4.95. The fourth-order valence-electron chi connectivity index (χ4n) is 3.37. The first kappa shape index (κ1) is 18.2. The van der Waals surface area contributed by atoms with Gasteiger partial charge < -0.3 is 15.2 Å². The molecule has 2 N–H and O–H groups in total. The molecule has 4 heteroatoms. The average Bonchev–Trinajstić information content (AvgIpc) is 3.23. The van der Waals surface area contributed by atoms with Crippen LogP contribution in [0.25, 0.3) is 0 Å². The molecule has 0 aromatic heterocycles. The van der Waals surface area contributed by atoms with Crippen molar-refractivity contribution in [3.8, 4) is 0 Å². The molecule has 0 spiro atoms. The van der Waals surface area contributed by atoms with Gasteiger partial charge >= 0.3 is 0 Å². The molecule has 4 nitrogen and oxygen atoms in total. The summed E-state index contributed by atoms with van der Waals surface area (Å²) in [4.78, 5) is 2.39. The lowest BCUT2D eigenvalue weighted by Crippen LogP contribution is -2.29. The second kappa shape index (κ2) is 9.26. The topological polar surface area (TPSA) is 47.7 Å². The Bertz CT molecular complexity index is 462.